The first kappa shape index (κ1) is 27.1. The van der Waals surface area contributed by atoms with Crippen molar-refractivity contribution in [1.29, 1.82) is 0 Å². The predicted molar refractivity (Wildman–Crippen MR) is 132 cm³/mol. The van der Waals surface area contributed by atoms with Gasteiger partial charge in [-0.1, -0.05) is 44.6 Å². The number of hydrogen-bond donors (Lipinski definition) is 2. The summed E-state index contributed by atoms with van der Waals surface area (Å²) >= 11 is 0. The topological polar surface area (TPSA) is 66.8 Å². The lowest BCUT2D eigenvalue weighted by Crippen LogP contribution is -2.47. The lowest BCUT2D eigenvalue weighted by atomic mass is 9.72. The fourth-order valence-electron chi connectivity index (χ4n) is 5.30. The van der Waals surface area contributed by atoms with Crippen molar-refractivity contribution in [1.82, 2.24) is 0 Å². The van der Waals surface area contributed by atoms with E-state index in [9.17, 15) is 9.90 Å². The monoisotopic (exact) mass is 448 g/mol. The first-order valence-corrected chi connectivity index (χ1v) is 12.9. The van der Waals surface area contributed by atoms with Crippen molar-refractivity contribution in [2.24, 2.45) is 23.7 Å². The molecular weight excluding hydrogens is 400 g/mol. The van der Waals surface area contributed by atoms with Crippen LogP contribution in [0, 0.1) is 23.7 Å². The summed E-state index contributed by atoms with van der Waals surface area (Å²) in [6, 6.07) is 0. The van der Waals surface area contributed by atoms with Crippen LogP contribution in [0.1, 0.15) is 106 Å². The minimum atomic E-state index is -0.754. The van der Waals surface area contributed by atoms with Gasteiger partial charge in [0, 0.05) is 5.92 Å². The molecular formula is C28H48O4. The molecule has 0 aromatic heterocycles. The van der Waals surface area contributed by atoms with Crippen molar-refractivity contribution in [2.45, 2.75) is 123 Å². The summed E-state index contributed by atoms with van der Waals surface area (Å²) in [5.41, 5.74) is 0.661. The van der Waals surface area contributed by atoms with E-state index in [0.717, 1.165) is 44.9 Å². The Morgan fingerprint density at radius 2 is 2.00 bits per heavy atom. The van der Waals surface area contributed by atoms with Crippen molar-refractivity contribution in [3.8, 4) is 0 Å². The number of carbonyl (C=O) groups is 1. The molecule has 0 spiro atoms. The summed E-state index contributed by atoms with van der Waals surface area (Å²) < 4.78 is 6.70. The maximum absolute atomic E-state index is 10.9. The fourth-order valence-corrected chi connectivity index (χ4v) is 5.30. The standard InChI is InChI=1S/C28H48O4/c1-20(10-7-16-27(5,31)17-9-12-22(3)26(29)30)11-8-18-28(6)19-15-24-14-13-21(2)23(4)25(24)32-28/h10,13-14,21-25,31H,7-9,11-12,15-19H2,1-6H3,(H,29,30). The Bertz CT molecular complexity index is 664. The molecule has 2 N–H and O–H groups in total. The van der Waals surface area contributed by atoms with E-state index in [1.807, 2.05) is 6.92 Å². The molecule has 4 nitrogen and oxygen atoms in total. The van der Waals surface area contributed by atoms with Crippen LogP contribution in [-0.2, 0) is 9.53 Å². The minimum absolute atomic E-state index is 0.00261. The summed E-state index contributed by atoms with van der Waals surface area (Å²) in [7, 11) is 0. The highest BCUT2D eigenvalue weighted by Gasteiger charge is 2.42. The Balaban J connectivity index is 1.69. The minimum Gasteiger partial charge on any atom is -0.481 e. The molecule has 0 bridgehead atoms. The summed E-state index contributed by atoms with van der Waals surface area (Å²) in [5, 5.41) is 19.6. The number of carboxylic acids is 1. The molecule has 1 saturated heterocycles. The number of ether oxygens (including phenoxy) is 1. The Labute approximate surface area is 196 Å². The van der Waals surface area contributed by atoms with Gasteiger partial charge in [0.25, 0.3) is 0 Å². The highest BCUT2D eigenvalue weighted by atomic mass is 16.5. The molecule has 0 amide bonds. The van der Waals surface area contributed by atoms with E-state index in [1.165, 1.54) is 12.0 Å². The normalized spacial score (nSPS) is 33.4. The molecule has 0 aromatic rings. The first-order chi connectivity index (χ1) is 14.9. The molecule has 7 unspecified atom stereocenters. The van der Waals surface area contributed by atoms with E-state index in [-0.39, 0.29) is 11.5 Å². The molecule has 0 aromatic carbocycles. The van der Waals surface area contributed by atoms with Crippen molar-refractivity contribution >= 4 is 5.97 Å². The van der Waals surface area contributed by atoms with Gasteiger partial charge in [0.2, 0.25) is 0 Å². The second-order valence-electron chi connectivity index (χ2n) is 11.4. The number of aliphatic carboxylic acids is 1. The van der Waals surface area contributed by atoms with Gasteiger partial charge in [-0.05, 0) is 96.8 Å². The number of hydrogen-bond acceptors (Lipinski definition) is 3. The average molecular weight is 449 g/mol. The summed E-state index contributed by atoms with van der Waals surface area (Å²) in [6.45, 7) is 12.7. The Hall–Kier alpha value is -1.13. The van der Waals surface area contributed by atoms with Gasteiger partial charge >= 0.3 is 5.97 Å². The molecule has 1 heterocycles. The third-order valence-corrected chi connectivity index (χ3v) is 8.09. The lowest BCUT2D eigenvalue weighted by molar-refractivity contribution is -0.164. The van der Waals surface area contributed by atoms with Crippen molar-refractivity contribution in [3.05, 3.63) is 23.8 Å². The van der Waals surface area contributed by atoms with E-state index >= 15 is 0 Å². The predicted octanol–water partition coefficient (Wildman–Crippen LogP) is 6.92. The Morgan fingerprint density at radius 1 is 1.28 bits per heavy atom. The van der Waals surface area contributed by atoms with Gasteiger partial charge in [-0.25, -0.2) is 0 Å². The summed E-state index contributed by atoms with van der Waals surface area (Å²) in [4.78, 5) is 10.9. The van der Waals surface area contributed by atoms with Crippen LogP contribution in [-0.4, -0.2) is 33.5 Å². The quantitative estimate of drug-likeness (QED) is 0.318. The number of aliphatic hydroxyl groups is 1. The number of carboxylic acid groups (broad SMARTS) is 1. The zero-order chi connectivity index (χ0) is 23.9. The molecule has 1 aliphatic heterocycles. The van der Waals surface area contributed by atoms with E-state index < -0.39 is 11.6 Å². The van der Waals surface area contributed by atoms with Gasteiger partial charge in [0.1, 0.15) is 0 Å². The van der Waals surface area contributed by atoms with E-state index in [1.54, 1.807) is 6.92 Å². The second kappa shape index (κ2) is 11.8. The SMILES string of the molecule is CC(=CCCC(C)(O)CCCC(C)C(=O)O)CCCC1(C)CCC2C=CC(C)C(C)C2O1. The zero-order valence-corrected chi connectivity index (χ0v) is 21.4. The average Bonchev–Trinajstić information content (AvgIpc) is 2.70. The smallest absolute Gasteiger partial charge is 0.306 e. The van der Waals surface area contributed by atoms with E-state index in [0.29, 0.717) is 36.7 Å². The van der Waals surface area contributed by atoms with Gasteiger partial charge in [-0.3, -0.25) is 4.79 Å². The van der Waals surface area contributed by atoms with Gasteiger partial charge in [-0.15, -0.1) is 0 Å². The maximum Gasteiger partial charge on any atom is 0.306 e. The van der Waals surface area contributed by atoms with Gasteiger partial charge in [-0.2, -0.15) is 0 Å². The Morgan fingerprint density at radius 3 is 2.69 bits per heavy atom. The molecule has 0 radical (unpaired) electrons. The molecule has 2 aliphatic rings. The highest BCUT2D eigenvalue weighted by molar-refractivity contribution is 5.69. The Kier molecular flexibility index (Phi) is 10.0. The van der Waals surface area contributed by atoms with Crippen LogP contribution in [0.15, 0.2) is 23.8 Å². The first-order valence-electron chi connectivity index (χ1n) is 12.9. The number of rotatable bonds is 12. The van der Waals surface area contributed by atoms with Crippen molar-refractivity contribution in [3.63, 3.8) is 0 Å². The number of fused-ring (bicyclic) bond motifs is 1. The van der Waals surface area contributed by atoms with Gasteiger partial charge in [0.05, 0.1) is 23.2 Å². The van der Waals surface area contributed by atoms with Crippen LogP contribution in [0.4, 0.5) is 0 Å². The molecule has 1 fully saturated rings. The van der Waals surface area contributed by atoms with Gasteiger partial charge < -0.3 is 14.9 Å². The number of allylic oxidation sites excluding steroid dienone is 3. The van der Waals surface area contributed by atoms with Crippen LogP contribution in [0.5, 0.6) is 0 Å². The van der Waals surface area contributed by atoms with Crippen LogP contribution < -0.4 is 0 Å². The maximum atomic E-state index is 10.9. The van der Waals surface area contributed by atoms with Crippen molar-refractivity contribution in [2.75, 3.05) is 0 Å². The summed E-state index contributed by atoms with van der Waals surface area (Å²) in [5.74, 6) is 0.689. The molecule has 1 aliphatic carbocycles. The zero-order valence-electron chi connectivity index (χ0n) is 21.4. The molecule has 32 heavy (non-hydrogen) atoms. The molecule has 0 saturated carbocycles. The van der Waals surface area contributed by atoms with E-state index in [4.69, 9.17) is 9.84 Å². The van der Waals surface area contributed by atoms with Gasteiger partial charge in [0.15, 0.2) is 0 Å². The second-order valence-corrected chi connectivity index (χ2v) is 11.4. The molecule has 7 atom stereocenters. The van der Waals surface area contributed by atoms with E-state index in [2.05, 4.69) is 45.9 Å². The molecule has 184 valence electrons. The molecule has 4 heteroatoms. The largest absolute Gasteiger partial charge is 0.481 e. The van der Waals surface area contributed by atoms with Crippen LogP contribution in [0.2, 0.25) is 0 Å². The third kappa shape index (κ3) is 8.33. The van der Waals surface area contributed by atoms with Crippen LogP contribution >= 0.6 is 0 Å². The fraction of sp³-hybridized carbons (Fsp3) is 0.821. The molecule has 2 rings (SSSR count). The summed E-state index contributed by atoms with van der Waals surface area (Å²) in [6.07, 6.45) is 16.7. The third-order valence-electron chi connectivity index (χ3n) is 8.09. The highest BCUT2D eigenvalue weighted by Crippen LogP contribution is 2.43. The van der Waals surface area contributed by atoms with Crippen LogP contribution in [0.3, 0.4) is 0 Å². The van der Waals surface area contributed by atoms with Crippen LogP contribution in [0.25, 0.3) is 0 Å². The van der Waals surface area contributed by atoms with Crippen molar-refractivity contribution < 1.29 is 19.7 Å². The lowest BCUT2D eigenvalue weighted by Gasteiger charge is -2.47.